The lowest BCUT2D eigenvalue weighted by Gasteiger charge is -2.21. The van der Waals surface area contributed by atoms with E-state index in [0.29, 0.717) is 0 Å². The van der Waals surface area contributed by atoms with Crippen LogP contribution in [0.25, 0.3) is 0 Å². The summed E-state index contributed by atoms with van der Waals surface area (Å²) in [4.78, 5) is 47.8. The minimum Gasteiger partial charge on any atom is -0.480 e. The van der Waals surface area contributed by atoms with Gasteiger partial charge in [0, 0.05) is 0 Å². The molecule has 1 aliphatic heterocycles. The molecule has 1 amide bonds. The van der Waals surface area contributed by atoms with Crippen molar-refractivity contribution in [2.75, 3.05) is 27.6 Å². The van der Waals surface area contributed by atoms with Crippen molar-refractivity contribution in [1.82, 2.24) is 4.90 Å². The molecule has 140 valence electrons. The van der Waals surface area contributed by atoms with Gasteiger partial charge < -0.3 is 28.8 Å². The quantitative estimate of drug-likeness (QED) is 0.600. The van der Waals surface area contributed by atoms with Gasteiger partial charge in [-0.3, -0.25) is 9.69 Å². The number of nitrogens with zero attached hydrogens (tertiary/aromatic N) is 1. The molecule has 0 saturated carbocycles. The van der Waals surface area contributed by atoms with Gasteiger partial charge in [0.2, 0.25) is 0 Å². The first-order valence-electron chi connectivity index (χ1n) is 7.15. The number of carbonyl (C=O) groups excluding carboxylic acids is 3. The van der Waals surface area contributed by atoms with Gasteiger partial charge in [0.15, 0.2) is 17.5 Å². The topological polar surface area (TPSA) is 138 Å². The van der Waals surface area contributed by atoms with Gasteiger partial charge in [-0.25, -0.2) is 14.4 Å². The highest BCUT2D eigenvalue weighted by Crippen LogP contribution is 2.33. The van der Waals surface area contributed by atoms with E-state index in [0.717, 1.165) is 19.1 Å². The van der Waals surface area contributed by atoms with Crippen LogP contribution in [-0.4, -0.2) is 67.8 Å². The van der Waals surface area contributed by atoms with Gasteiger partial charge in [-0.15, -0.1) is 0 Å². The normalized spacial score (nSPS) is 15.9. The van der Waals surface area contributed by atoms with E-state index < -0.39 is 36.0 Å². The molecule has 1 fully saturated rings. The number of amides is 1. The zero-order valence-electron chi connectivity index (χ0n) is 13.8. The number of ether oxygens (including phenoxy) is 5. The highest BCUT2D eigenvalue weighted by Gasteiger charge is 2.37. The third kappa shape index (κ3) is 4.00. The van der Waals surface area contributed by atoms with Crippen molar-refractivity contribution in [2.45, 2.75) is 6.04 Å². The Balaban J connectivity index is 2.44. The molecule has 26 heavy (non-hydrogen) atoms. The largest absolute Gasteiger partial charge is 0.513 e. The summed E-state index contributed by atoms with van der Waals surface area (Å²) < 4.78 is 23.5. The number of hydrogen-bond acceptors (Lipinski definition) is 9. The van der Waals surface area contributed by atoms with Crippen molar-refractivity contribution in [3.63, 3.8) is 0 Å². The molecule has 11 nitrogen and oxygen atoms in total. The molecule has 1 aromatic carbocycles. The van der Waals surface area contributed by atoms with Crippen LogP contribution in [0.15, 0.2) is 18.2 Å². The number of aliphatic carboxylic acids is 1. The number of carboxylic acids is 1. The summed E-state index contributed by atoms with van der Waals surface area (Å²) in [5.74, 6) is -2.77. The van der Waals surface area contributed by atoms with Crippen LogP contribution in [0.1, 0.15) is 10.4 Å². The Morgan fingerprint density at radius 1 is 1.12 bits per heavy atom. The van der Waals surface area contributed by atoms with Crippen molar-refractivity contribution in [3.8, 4) is 11.5 Å². The fraction of sp³-hybridized carbons (Fsp3) is 0.333. The van der Waals surface area contributed by atoms with Crippen LogP contribution in [0.5, 0.6) is 11.5 Å². The summed E-state index contributed by atoms with van der Waals surface area (Å²) in [6.07, 6.45) is -2.29. The van der Waals surface area contributed by atoms with Crippen LogP contribution in [0.4, 0.5) is 9.59 Å². The second-order valence-corrected chi connectivity index (χ2v) is 4.87. The Morgan fingerprint density at radius 2 is 1.77 bits per heavy atom. The number of rotatable bonds is 4. The van der Waals surface area contributed by atoms with Gasteiger partial charge >= 0.3 is 18.3 Å². The summed E-state index contributed by atoms with van der Waals surface area (Å²) >= 11 is 0. The van der Waals surface area contributed by atoms with E-state index >= 15 is 0 Å². The number of carboxylic acid groups (broad SMARTS) is 1. The van der Waals surface area contributed by atoms with Crippen LogP contribution < -0.4 is 9.47 Å². The zero-order chi connectivity index (χ0) is 19.3. The SMILES string of the molecule is COC(=O)Oc1cccc(C(=O)N2COC[C@H]2C(=O)O)c1OC(=O)OC. The summed E-state index contributed by atoms with van der Waals surface area (Å²) in [7, 11) is 2.11. The molecular formula is C15H15NO10. The summed E-state index contributed by atoms with van der Waals surface area (Å²) in [5, 5.41) is 9.17. The first-order valence-corrected chi connectivity index (χ1v) is 7.15. The van der Waals surface area contributed by atoms with Gasteiger partial charge in [0.25, 0.3) is 5.91 Å². The highest BCUT2D eigenvalue weighted by atomic mass is 16.7. The molecule has 0 aromatic heterocycles. The highest BCUT2D eigenvalue weighted by molar-refractivity contribution is 6.00. The van der Waals surface area contributed by atoms with E-state index in [2.05, 4.69) is 9.47 Å². The molecule has 1 heterocycles. The predicted molar refractivity (Wildman–Crippen MR) is 80.9 cm³/mol. The predicted octanol–water partition coefficient (Wildman–Crippen LogP) is 0.860. The van der Waals surface area contributed by atoms with Gasteiger partial charge in [0.1, 0.15) is 6.73 Å². The standard InChI is InChI=1S/C15H15NO10/c1-22-14(20)25-10-5-3-4-8(11(10)26-15(21)23-2)12(17)16-7-24-6-9(16)13(18)19/h3-5,9H,6-7H2,1-2H3,(H,18,19)/t9-/m0/s1. The van der Waals surface area contributed by atoms with Crippen LogP contribution in [0.3, 0.4) is 0 Å². The van der Waals surface area contributed by atoms with Crippen molar-refractivity contribution in [1.29, 1.82) is 0 Å². The summed E-state index contributed by atoms with van der Waals surface area (Å²) in [6, 6.07) is 2.66. The second kappa shape index (κ2) is 8.16. The van der Waals surface area contributed by atoms with Crippen LogP contribution in [0.2, 0.25) is 0 Å². The Hall–Kier alpha value is -3.34. The molecule has 0 aliphatic carbocycles. The first kappa shape index (κ1) is 19.0. The Morgan fingerprint density at radius 3 is 2.38 bits per heavy atom. The molecule has 2 rings (SSSR count). The van der Waals surface area contributed by atoms with Gasteiger partial charge in [-0.05, 0) is 12.1 Å². The maximum Gasteiger partial charge on any atom is 0.513 e. The lowest BCUT2D eigenvalue weighted by molar-refractivity contribution is -0.141. The molecule has 1 atom stereocenters. The first-order chi connectivity index (χ1) is 12.4. The lowest BCUT2D eigenvalue weighted by Crippen LogP contribution is -2.42. The molecule has 1 saturated heterocycles. The number of carbonyl (C=O) groups is 4. The van der Waals surface area contributed by atoms with Gasteiger partial charge in [-0.2, -0.15) is 0 Å². The van der Waals surface area contributed by atoms with Crippen LogP contribution in [0, 0.1) is 0 Å². The molecule has 0 radical (unpaired) electrons. The molecule has 0 bridgehead atoms. The molecular weight excluding hydrogens is 354 g/mol. The molecule has 0 spiro atoms. The van der Waals surface area contributed by atoms with E-state index in [9.17, 15) is 24.3 Å². The van der Waals surface area contributed by atoms with Crippen molar-refractivity contribution >= 4 is 24.2 Å². The average Bonchev–Trinajstić information content (AvgIpc) is 3.12. The second-order valence-electron chi connectivity index (χ2n) is 4.87. The zero-order valence-corrected chi connectivity index (χ0v) is 13.8. The van der Waals surface area contributed by atoms with E-state index in [1.165, 1.54) is 18.2 Å². The Labute approximate surface area is 146 Å². The number of hydrogen-bond donors (Lipinski definition) is 1. The summed E-state index contributed by atoms with van der Waals surface area (Å²) in [5.41, 5.74) is -0.228. The molecule has 11 heteroatoms. The monoisotopic (exact) mass is 369 g/mol. The van der Waals surface area contributed by atoms with E-state index in [-0.39, 0.29) is 24.7 Å². The summed E-state index contributed by atoms with van der Waals surface area (Å²) in [6.45, 7) is -0.456. The van der Waals surface area contributed by atoms with Gasteiger partial charge in [-0.1, -0.05) is 6.07 Å². The van der Waals surface area contributed by atoms with Crippen molar-refractivity contribution in [2.24, 2.45) is 0 Å². The van der Waals surface area contributed by atoms with E-state index in [1.54, 1.807) is 0 Å². The number of methoxy groups -OCH3 is 2. The van der Waals surface area contributed by atoms with E-state index in [4.69, 9.17) is 14.2 Å². The maximum atomic E-state index is 12.7. The van der Waals surface area contributed by atoms with Crippen LogP contribution >= 0.6 is 0 Å². The number of benzene rings is 1. The third-order valence-electron chi connectivity index (χ3n) is 3.35. The average molecular weight is 369 g/mol. The fourth-order valence-corrected chi connectivity index (χ4v) is 2.13. The molecule has 1 aromatic rings. The van der Waals surface area contributed by atoms with Gasteiger partial charge in [0.05, 0.1) is 26.4 Å². The minimum absolute atomic E-state index is 0.188. The Bertz CT molecular complexity index is 731. The fourth-order valence-electron chi connectivity index (χ4n) is 2.13. The smallest absolute Gasteiger partial charge is 0.480 e. The van der Waals surface area contributed by atoms with Crippen molar-refractivity contribution in [3.05, 3.63) is 23.8 Å². The maximum absolute atomic E-state index is 12.7. The van der Waals surface area contributed by atoms with E-state index in [1.807, 2.05) is 0 Å². The molecule has 0 unspecified atom stereocenters. The molecule has 1 N–H and O–H groups in total. The number of para-hydroxylation sites is 1. The lowest BCUT2D eigenvalue weighted by atomic mass is 10.1. The van der Waals surface area contributed by atoms with Crippen molar-refractivity contribution < 1.29 is 48.0 Å². The third-order valence-corrected chi connectivity index (χ3v) is 3.35. The minimum atomic E-state index is -1.26. The molecule has 1 aliphatic rings. The Kier molecular flexibility index (Phi) is 5.96. The van der Waals surface area contributed by atoms with Crippen LogP contribution in [-0.2, 0) is 19.0 Å².